The van der Waals surface area contributed by atoms with Gasteiger partial charge in [0.2, 0.25) is 0 Å². The lowest BCUT2D eigenvalue weighted by molar-refractivity contribution is -0.136. The van der Waals surface area contributed by atoms with Gasteiger partial charge in [0.1, 0.15) is 12.4 Å². The molecule has 0 bridgehead atoms. The smallest absolute Gasteiger partial charge is 0.329 e. The van der Waals surface area contributed by atoms with Crippen molar-refractivity contribution in [1.82, 2.24) is 5.43 Å². The van der Waals surface area contributed by atoms with Crippen molar-refractivity contribution >= 4 is 46.9 Å². The van der Waals surface area contributed by atoms with Crippen LogP contribution in [0.4, 0.5) is 11.4 Å². The second kappa shape index (κ2) is 12.8. The van der Waals surface area contributed by atoms with Crippen LogP contribution in [0.2, 0.25) is 5.02 Å². The van der Waals surface area contributed by atoms with E-state index in [4.69, 9.17) is 16.3 Å². The Morgan fingerprint density at radius 1 is 0.763 bits per heavy atom. The van der Waals surface area contributed by atoms with E-state index in [1.807, 2.05) is 30.3 Å². The predicted octanol–water partition coefficient (Wildman–Crippen LogP) is 5.26. The highest BCUT2D eigenvalue weighted by atomic mass is 35.5. The SMILES string of the molecule is O=C(N/N=C\c1ccc(OCc2ccccc2)cc1)C(=O)Nc1ccccc1C(=O)Nc1ccc(Cl)cc1. The molecule has 0 atom stereocenters. The topological polar surface area (TPSA) is 109 Å². The molecule has 0 saturated heterocycles. The summed E-state index contributed by atoms with van der Waals surface area (Å²) in [6.45, 7) is 0.450. The van der Waals surface area contributed by atoms with Crippen molar-refractivity contribution < 1.29 is 19.1 Å². The van der Waals surface area contributed by atoms with Gasteiger partial charge in [0, 0.05) is 10.7 Å². The van der Waals surface area contributed by atoms with Crippen LogP contribution in [-0.4, -0.2) is 23.9 Å². The molecule has 190 valence electrons. The van der Waals surface area contributed by atoms with E-state index < -0.39 is 17.7 Å². The highest BCUT2D eigenvalue weighted by molar-refractivity contribution is 6.40. The third kappa shape index (κ3) is 7.52. The maximum atomic E-state index is 12.7. The highest BCUT2D eigenvalue weighted by Crippen LogP contribution is 2.19. The van der Waals surface area contributed by atoms with Crippen LogP contribution in [0.15, 0.2) is 108 Å². The average Bonchev–Trinajstić information content (AvgIpc) is 2.94. The fourth-order valence-corrected chi connectivity index (χ4v) is 3.43. The molecule has 3 N–H and O–H groups in total. The molecule has 0 saturated carbocycles. The minimum absolute atomic E-state index is 0.175. The van der Waals surface area contributed by atoms with E-state index in [0.717, 1.165) is 5.56 Å². The van der Waals surface area contributed by atoms with Gasteiger partial charge in [-0.1, -0.05) is 54.1 Å². The minimum atomic E-state index is -0.989. The zero-order chi connectivity index (χ0) is 26.7. The number of benzene rings is 4. The van der Waals surface area contributed by atoms with Crippen molar-refractivity contribution in [3.63, 3.8) is 0 Å². The molecule has 9 heteroatoms. The summed E-state index contributed by atoms with van der Waals surface area (Å²) in [5.74, 6) is -1.73. The normalized spacial score (nSPS) is 10.6. The van der Waals surface area contributed by atoms with Gasteiger partial charge in [0.25, 0.3) is 5.91 Å². The van der Waals surface area contributed by atoms with Gasteiger partial charge in [-0.05, 0) is 71.8 Å². The number of amides is 3. The number of carbonyl (C=O) groups is 3. The summed E-state index contributed by atoms with van der Waals surface area (Å²) in [5.41, 5.74) is 4.82. The number of halogens is 1. The van der Waals surface area contributed by atoms with Crippen LogP contribution in [0, 0.1) is 0 Å². The Morgan fingerprint density at radius 3 is 2.18 bits per heavy atom. The van der Waals surface area contributed by atoms with Crippen molar-refractivity contribution in [2.24, 2.45) is 5.10 Å². The van der Waals surface area contributed by atoms with Gasteiger partial charge in [-0.15, -0.1) is 0 Å². The van der Waals surface area contributed by atoms with E-state index in [2.05, 4.69) is 21.2 Å². The number of hydrogen-bond acceptors (Lipinski definition) is 5. The molecule has 3 amide bonds. The predicted molar refractivity (Wildman–Crippen MR) is 147 cm³/mol. The van der Waals surface area contributed by atoms with Gasteiger partial charge >= 0.3 is 11.8 Å². The van der Waals surface area contributed by atoms with Crippen LogP contribution in [0.25, 0.3) is 0 Å². The fourth-order valence-electron chi connectivity index (χ4n) is 3.31. The Morgan fingerprint density at radius 2 is 1.45 bits per heavy atom. The van der Waals surface area contributed by atoms with Crippen LogP contribution >= 0.6 is 11.6 Å². The number of nitrogens with zero attached hydrogens (tertiary/aromatic N) is 1. The lowest BCUT2D eigenvalue weighted by Gasteiger charge is -2.11. The molecule has 4 aromatic rings. The molecule has 38 heavy (non-hydrogen) atoms. The summed E-state index contributed by atoms with van der Waals surface area (Å²) in [6.07, 6.45) is 1.40. The summed E-state index contributed by atoms with van der Waals surface area (Å²) in [6, 6.07) is 29.8. The van der Waals surface area contributed by atoms with Gasteiger partial charge in [0.15, 0.2) is 0 Å². The fraction of sp³-hybridized carbons (Fsp3) is 0.0345. The number of nitrogens with one attached hydrogen (secondary N) is 3. The summed E-state index contributed by atoms with van der Waals surface area (Å²) >= 11 is 5.87. The second-order valence-electron chi connectivity index (χ2n) is 8.00. The Balaban J connectivity index is 1.29. The number of rotatable bonds is 8. The molecule has 0 unspecified atom stereocenters. The van der Waals surface area contributed by atoms with Gasteiger partial charge in [-0.2, -0.15) is 5.10 Å². The largest absolute Gasteiger partial charge is 0.489 e. The van der Waals surface area contributed by atoms with Crippen molar-refractivity contribution in [2.45, 2.75) is 6.61 Å². The second-order valence-corrected chi connectivity index (χ2v) is 8.44. The summed E-state index contributed by atoms with van der Waals surface area (Å²) in [4.78, 5) is 37.4. The van der Waals surface area contributed by atoms with Gasteiger partial charge in [-0.3, -0.25) is 14.4 Å². The van der Waals surface area contributed by atoms with Crippen molar-refractivity contribution in [1.29, 1.82) is 0 Å². The first-order valence-electron chi connectivity index (χ1n) is 11.5. The van der Waals surface area contributed by atoms with E-state index in [1.54, 1.807) is 60.7 Å². The van der Waals surface area contributed by atoms with Crippen LogP contribution in [0.3, 0.4) is 0 Å². The standard InChI is InChI=1S/C29H23ClN4O4/c30-22-12-14-23(15-13-22)32-27(35)25-8-4-5-9-26(25)33-28(36)29(37)34-31-18-20-10-16-24(17-11-20)38-19-21-6-2-1-3-7-21/h1-18H,19H2,(H,32,35)(H,33,36)(H,34,37)/b31-18-. The first kappa shape index (κ1) is 26.1. The third-order valence-electron chi connectivity index (χ3n) is 5.24. The summed E-state index contributed by atoms with van der Waals surface area (Å²) < 4.78 is 5.74. The molecular weight excluding hydrogens is 504 g/mol. The van der Waals surface area contributed by atoms with E-state index in [0.29, 0.717) is 28.6 Å². The maximum absolute atomic E-state index is 12.7. The quantitative estimate of drug-likeness (QED) is 0.165. The lowest BCUT2D eigenvalue weighted by Crippen LogP contribution is -2.33. The van der Waals surface area contributed by atoms with E-state index in [-0.39, 0.29) is 11.3 Å². The Bertz CT molecular complexity index is 1440. The molecule has 0 fully saturated rings. The maximum Gasteiger partial charge on any atom is 0.329 e. The highest BCUT2D eigenvalue weighted by Gasteiger charge is 2.17. The lowest BCUT2D eigenvalue weighted by atomic mass is 10.1. The van der Waals surface area contributed by atoms with Crippen LogP contribution in [-0.2, 0) is 16.2 Å². The van der Waals surface area contributed by atoms with Gasteiger partial charge in [-0.25, -0.2) is 5.43 Å². The molecule has 0 aromatic heterocycles. The average molecular weight is 527 g/mol. The van der Waals surface area contributed by atoms with E-state index >= 15 is 0 Å². The minimum Gasteiger partial charge on any atom is -0.489 e. The third-order valence-corrected chi connectivity index (χ3v) is 5.49. The Labute approximate surface area is 224 Å². The van der Waals surface area contributed by atoms with Crippen LogP contribution in [0.5, 0.6) is 5.75 Å². The molecule has 8 nitrogen and oxygen atoms in total. The molecule has 0 heterocycles. The number of para-hydroxylation sites is 1. The van der Waals surface area contributed by atoms with E-state index in [9.17, 15) is 14.4 Å². The summed E-state index contributed by atoms with van der Waals surface area (Å²) in [7, 11) is 0. The molecule has 0 aliphatic rings. The number of hydrogen-bond donors (Lipinski definition) is 3. The van der Waals surface area contributed by atoms with Crippen molar-refractivity contribution in [2.75, 3.05) is 10.6 Å². The number of carbonyl (C=O) groups excluding carboxylic acids is 3. The van der Waals surface area contributed by atoms with E-state index in [1.165, 1.54) is 18.3 Å². The monoisotopic (exact) mass is 526 g/mol. The molecule has 4 rings (SSSR count). The molecule has 4 aromatic carbocycles. The zero-order valence-corrected chi connectivity index (χ0v) is 20.8. The first-order valence-corrected chi connectivity index (χ1v) is 11.9. The zero-order valence-electron chi connectivity index (χ0n) is 20.1. The molecular formula is C29H23ClN4O4. The van der Waals surface area contributed by atoms with Gasteiger partial charge in [0.05, 0.1) is 17.5 Å². The van der Waals surface area contributed by atoms with Gasteiger partial charge < -0.3 is 15.4 Å². The number of anilines is 2. The van der Waals surface area contributed by atoms with Crippen LogP contribution < -0.4 is 20.8 Å². The Kier molecular flexibility index (Phi) is 8.83. The molecule has 0 spiro atoms. The van der Waals surface area contributed by atoms with Crippen LogP contribution in [0.1, 0.15) is 21.5 Å². The van der Waals surface area contributed by atoms with Crippen molar-refractivity contribution in [3.05, 3.63) is 125 Å². The first-order chi connectivity index (χ1) is 18.5. The number of hydrazone groups is 1. The Hall–Kier alpha value is -4.95. The van der Waals surface area contributed by atoms with Crippen molar-refractivity contribution in [3.8, 4) is 5.75 Å². The summed E-state index contributed by atoms with van der Waals surface area (Å²) in [5, 5.41) is 9.53. The number of ether oxygens (including phenoxy) is 1. The molecule has 0 aliphatic heterocycles. The molecule has 0 radical (unpaired) electrons. The molecule has 0 aliphatic carbocycles.